The number of phenolic OH excluding ortho intramolecular Hbond substituents is 1. The molecule has 0 spiro atoms. The zero-order valence-corrected chi connectivity index (χ0v) is 13.6. The first-order valence-electron chi connectivity index (χ1n) is 6.45. The first-order chi connectivity index (χ1) is 11.1. The normalized spacial score (nSPS) is 11.2. The summed E-state index contributed by atoms with van der Waals surface area (Å²) in [4.78, 5) is 4.71. The molecule has 114 valence electrons. The number of benzene rings is 1. The van der Waals surface area contributed by atoms with Crippen LogP contribution < -0.4 is 0 Å². The van der Waals surface area contributed by atoms with Crippen LogP contribution >= 0.6 is 34.5 Å². The van der Waals surface area contributed by atoms with Crippen molar-refractivity contribution in [1.29, 1.82) is 0 Å². The van der Waals surface area contributed by atoms with Gasteiger partial charge in [-0.3, -0.25) is 4.98 Å². The van der Waals surface area contributed by atoms with Crippen LogP contribution in [0.1, 0.15) is 0 Å². The fourth-order valence-corrected chi connectivity index (χ4v) is 3.34. The van der Waals surface area contributed by atoms with Gasteiger partial charge in [-0.25, -0.2) is 0 Å². The van der Waals surface area contributed by atoms with Gasteiger partial charge in [0, 0.05) is 23.5 Å². The van der Waals surface area contributed by atoms with E-state index in [0.717, 1.165) is 10.6 Å². The molecule has 0 aliphatic heterocycles. The first kappa shape index (κ1) is 14.4. The lowest BCUT2D eigenvalue weighted by Gasteiger charge is -2.04. The summed E-state index contributed by atoms with van der Waals surface area (Å²) in [5.41, 5.74) is 1.44. The molecule has 4 aromatic rings. The topological polar surface area (TPSA) is 76.2 Å². The molecule has 0 unspecified atom stereocenters. The highest BCUT2D eigenvalue weighted by Crippen LogP contribution is 2.38. The van der Waals surface area contributed by atoms with Gasteiger partial charge in [-0.1, -0.05) is 34.5 Å². The Labute approximate surface area is 144 Å². The minimum absolute atomic E-state index is 0.0728. The summed E-state index contributed by atoms with van der Waals surface area (Å²) < 4.78 is 1.60. The van der Waals surface area contributed by atoms with Gasteiger partial charge in [-0.2, -0.15) is 9.61 Å². The summed E-state index contributed by atoms with van der Waals surface area (Å²) in [5.74, 6) is 0.369. The number of aromatic nitrogens is 5. The second kappa shape index (κ2) is 5.45. The smallest absolute Gasteiger partial charge is 0.235 e. The van der Waals surface area contributed by atoms with Crippen molar-refractivity contribution in [2.75, 3.05) is 0 Å². The predicted molar refractivity (Wildman–Crippen MR) is 89.0 cm³/mol. The van der Waals surface area contributed by atoms with E-state index in [9.17, 15) is 5.11 Å². The molecule has 6 nitrogen and oxygen atoms in total. The second-order valence-corrected chi connectivity index (χ2v) is 6.34. The number of rotatable bonds is 2. The zero-order chi connectivity index (χ0) is 16.0. The Morgan fingerprint density at radius 2 is 1.96 bits per heavy atom. The van der Waals surface area contributed by atoms with E-state index in [1.54, 1.807) is 23.0 Å². The fourth-order valence-electron chi connectivity index (χ4n) is 2.10. The molecule has 0 saturated heterocycles. The number of halogens is 2. The molecule has 4 rings (SSSR count). The molecule has 0 radical (unpaired) electrons. The molecular weight excluding hydrogens is 357 g/mol. The summed E-state index contributed by atoms with van der Waals surface area (Å²) in [6.07, 6.45) is 3.43. The van der Waals surface area contributed by atoms with E-state index in [1.165, 1.54) is 17.4 Å². The van der Waals surface area contributed by atoms with Gasteiger partial charge in [-0.15, -0.1) is 10.2 Å². The van der Waals surface area contributed by atoms with Crippen molar-refractivity contribution in [2.45, 2.75) is 0 Å². The van der Waals surface area contributed by atoms with Crippen LogP contribution in [0.2, 0.25) is 10.0 Å². The average Bonchev–Trinajstić information content (AvgIpc) is 3.15. The Bertz CT molecular complexity index is 1010. The van der Waals surface area contributed by atoms with Crippen molar-refractivity contribution in [3.63, 3.8) is 0 Å². The predicted octanol–water partition coefficient (Wildman–Crippen LogP) is 3.93. The minimum atomic E-state index is -0.0875. The van der Waals surface area contributed by atoms with Gasteiger partial charge in [0.2, 0.25) is 4.96 Å². The van der Waals surface area contributed by atoms with Crippen molar-refractivity contribution < 1.29 is 5.11 Å². The number of pyridine rings is 1. The molecule has 1 aromatic carbocycles. The summed E-state index contributed by atoms with van der Waals surface area (Å²) in [6, 6.07) is 6.85. The average molecular weight is 364 g/mol. The van der Waals surface area contributed by atoms with Crippen LogP contribution in [0.3, 0.4) is 0 Å². The van der Waals surface area contributed by atoms with E-state index in [2.05, 4.69) is 20.3 Å². The van der Waals surface area contributed by atoms with E-state index < -0.39 is 0 Å². The molecule has 3 heterocycles. The van der Waals surface area contributed by atoms with Gasteiger partial charge in [0.1, 0.15) is 15.8 Å². The molecule has 0 fully saturated rings. The molecule has 1 N–H and O–H groups in total. The van der Waals surface area contributed by atoms with Crippen molar-refractivity contribution >= 4 is 39.5 Å². The Balaban J connectivity index is 1.89. The molecule has 9 heteroatoms. The Kier molecular flexibility index (Phi) is 3.41. The lowest BCUT2D eigenvalue weighted by Crippen LogP contribution is -1.92. The summed E-state index contributed by atoms with van der Waals surface area (Å²) in [5, 5.41) is 23.4. The quantitative estimate of drug-likeness (QED) is 0.583. The number of phenols is 1. The van der Waals surface area contributed by atoms with Crippen LogP contribution in [-0.4, -0.2) is 29.9 Å². The zero-order valence-electron chi connectivity index (χ0n) is 11.3. The van der Waals surface area contributed by atoms with E-state index in [1.807, 2.05) is 12.1 Å². The molecule has 0 aliphatic carbocycles. The van der Waals surface area contributed by atoms with Crippen molar-refractivity contribution in [1.82, 2.24) is 24.8 Å². The summed E-state index contributed by atoms with van der Waals surface area (Å²) in [7, 11) is 0. The van der Waals surface area contributed by atoms with E-state index in [-0.39, 0.29) is 15.8 Å². The first-order valence-corrected chi connectivity index (χ1v) is 8.02. The highest BCUT2D eigenvalue weighted by atomic mass is 35.5. The second-order valence-electron chi connectivity index (χ2n) is 4.63. The van der Waals surface area contributed by atoms with Crippen molar-refractivity contribution in [2.24, 2.45) is 0 Å². The Morgan fingerprint density at radius 3 is 2.74 bits per heavy atom. The van der Waals surface area contributed by atoms with E-state index in [0.29, 0.717) is 16.3 Å². The maximum absolute atomic E-state index is 9.61. The van der Waals surface area contributed by atoms with Crippen LogP contribution in [0.5, 0.6) is 5.75 Å². The molecule has 0 bridgehead atoms. The van der Waals surface area contributed by atoms with Crippen molar-refractivity contribution in [3.8, 4) is 27.7 Å². The summed E-state index contributed by atoms with van der Waals surface area (Å²) in [6.45, 7) is 0. The number of fused-ring (bicyclic) bond motifs is 1. The van der Waals surface area contributed by atoms with Crippen LogP contribution in [0.15, 0.2) is 36.7 Å². The molecular formula is C14H7Cl2N5OS. The largest absolute Gasteiger partial charge is 0.506 e. The fraction of sp³-hybridized carbons (Fsp3) is 0. The molecule has 23 heavy (non-hydrogen) atoms. The van der Waals surface area contributed by atoms with E-state index in [4.69, 9.17) is 23.2 Å². The van der Waals surface area contributed by atoms with Gasteiger partial charge in [0.05, 0.1) is 5.02 Å². The molecule has 3 aromatic heterocycles. The van der Waals surface area contributed by atoms with Crippen molar-refractivity contribution in [3.05, 3.63) is 46.7 Å². The maximum atomic E-state index is 9.61. The maximum Gasteiger partial charge on any atom is 0.235 e. The third kappa shape index (κ3) is 2.33. The van der Waals surface area contributed by atoms with Crippen LogP contribution in [0.4, 0.5) is 0 Å². The monoisotopic (exact) mass is 363 g/mol. The lowest BCUT2D eigenvalue weighted by molar-refractivity contribution is 0.475. The van der Waals surface area contributed by atoms with Gasteiger partial charge in [0.15, 0.2) is 5.82 Å². The van der Waals surface area contributed by atoms with Crippen LogP contribution in [-0.2, 0) is 0 Å². The van der Waals surface area contributed by atoms with Gasteiger partial charge in [-0.05, 0) is 24.3 Å². The van der Waals surface area contributed by atoms with E-state index >= 15 is 0 Å². The molecule has 0 aliphatic rings. The number of hydrogen-bond donors (Lipinski definition) is 1. The number of nitrogens with zero attached hydrogens (tertiary/aromatic N) is 5. The lowest BCUT2D eigenvalue weighted by atomic mass is 10.2. The summed E-state index contributed by atoms with van der Waals surface area (Å²) >= 11 is 13.6. The third-order valence-corrected chi connectivity index (χ3v) is 5.02. The SMILES string of the molecule is Oc1ccc(-c2nnc3sc(-c4cccnc4)nn23)c(Cl)c1Cl. The molecule has 0 saturated carbocycles. The highest BCUT2D eigenvalue weighted by Gasteiger charge is 2.19. The van der Waals surface area contributed by atoms with Crippen LogP contribution in [0, 0.1) is 0 Å². The standard InChI is InChI=1S/C14H7Cl2N5OS/c15-10-8(3-4-9(22)11(10)16)12-18-19-14-21(12)20-13(23-14)7-2-1-5-17-6-7/h1-6,22H. The minimum Gasteiger partial charge on any atom is -0.506 e. The number of aromatic hydroxyl groups is 1. The van der Waals surface area contributed by atoms with Gasteiger partial charge < -0.3 is 5.11 Å². The highest BCUT2D eigenvalue weighted by molar-refractivity contribution is 7.19. The molecule has 0 atom stereocenters. The Morgan fingerprint density at radius 1 is 1.09 bits per heavy atom. The Hall–Kier alpha value is -2.22. The van der Waals surface area contributed by atoms with Gasteiger partial charge in [0.25, 0.3) is 0 Å². The van der Waals surface area contributed by atoms with Gasteiger partial charge >= 0.3 is 0 Å². The third-order valence-electron chi connectivity index (χ3n) is 3.20. The van der Waals surface area contributed by atoms with Crippen LogP contribution in [0.25, 0.3) is 26.9 Å². The number of hydrogen-bond acceptors (Lipinski definition) is 6. The molecule has 0 amide bonds.